The van der Waals surface area contributed by atoms with Gasteiger partial charge in [-0.25, -0.2) is 0 Å². The van der Waals surface area contributed by atoms with Gasteiger partial charge in [0.25, 0.3) is 5.91 Å². The maximum Gasteiger partial charge on any atom is 0.573 e. The molecule has 2 N–H and O–H groups in total. The number of hydrogen-bond acceptors (Lipinski definition) is 5. The Hall–Kier alpha value is -3.38. The minimum absolute atomic E-state index is 0.0842. The molecule has 0 aliphatic carbocycles. The highest BCUT2D eigenvalue weighted by atomic mass is 19.4. The number of amides is 1. The van der Waals surface area contributed by atoms with Crippen LogP contribution in [-0.4, -0.2) is 50.5 Å². The van der Waals surface area contributed by atoms with Crippen molar-refractivity contribution in [2.75, 3.05) is 37.8 Å². The molecule has 1 atom stereocenters. The number of halogens is 3. The summed E-state index contributed by atoms with van der Waals surface area (Å²) in [6, 6.07) is 7.50. The van der Waals surface area contributed by atoms with Crippen LogP contribution in [0.2, 0.25) is 0 Å². The number of carbonyl (C=O) groups excluding carboxylic acids is 1. The van der Waals surface area contributed by atoms with Gasteiger partial charge in [-0.05, 0) is 57.3 Å². The van der Waals surface area contributed by atoms with Gasteiger partial charge in [0.15, 0.2) is 6.10 Å². The molecule has 3 rings (SSSR count). The molecule has 0 spiro atoms. The van der Waals surface area contributed by atoms with Crippen molar-refractivity contribution in [2.24, 2.45) is 0 Å². The molecule has 1 amide bonds. The van der Waals surface area contributed by atoms with Crippen LogP contribution >= 0.6 is 0 Å². The van der Waals surface area contributed by atoms with Gasteiger partial charge in [0.1, 0.15) is 11.5 Å². The van der Waals surface area contributed by atoms with Crippen molar-refractivity contribution in [2.45, 2.75) is 26.3 Å². The molecule has 0 saturated carbocycles. The topological polar surface area (TPSA) is 62.8 Å². The van der Waals surface area contributed by atoms with E-state index in [9.17, 15) is 18.0 Å². The molecule has 1 aliphatic rings. The molecule has 6 nitrogen and oxygen atoms in total. The van der Waals surface area contributed by atoms with Crippen molar-refractivity contribution in [1.82, 2.24) is 4.90 Å². The summed E-state index contributed by atoms with van der Waals surface area (Å²) in [5.74, 6) is 5.68. The average Bonchev–Trinajstić information content (AvgIpc) is 2.68. The van der Waals surface area contributed by atoms with Crippen LogP contribution in [-0.2, 0) is 4.79 Å². The van der Waals surface area contributed by atoms with Crippen LogP contribution in [0, 0.1) is 25.7 Å². The Bertz CT molecular complexity index is 1070. The van der Waals surface area contributed by atoms with E-state index >= 15 is 0 Å². The second kappa shape index (κ2) is 9.40. The number of benzene rings is 2. The number of anilines is 2. The maximum absolute atomic E-state index is 12.9. The van der Waals surface area contributed by atoms with E-state index in [1.54, 1.807) is 0 Å². The van der Waals surface area contributed by atoms with Crippen molar-refractivity contribution < 1.29 is 27.4 Å². The van der Waals surface area contributed by atoms with Gasteiger partial charge in [-0.2, -0.15) is 0 Å². The zero-order chi connectivity index (χ0) is 23.5. The second-order valence-electron chi connectivity index (χ2n) is 7.73. The predicted octanol–water partition coefficient (Wildman–Crippen LogP) is 3.93. The first-order valence-electron chi connectivity index (χ1n) is 9.88. The Morgan fingerprint density at radius 3 is 2.72 bits per heavy atom. The fourth-order valence-corrected chi connectivity index (χ4v) is 3.22. The largest absolute Gasteiger partial charge is 0.573 e. The lowest BCUT2D eigenvalue weighted by Gasteiger charge is -2.27. The number of hydrogen-bond donors (Lipinski definition) is 2. The lowest BCUT2D eigenvalue weighted by atomic mass is 10.0. The third kappa shape index (κ3) is 6.08. The molecular formula is C23H24F3N3O3. The number of alkyl halides is 3. The summed E-state index contributed by atoms with van der Waals surface area (Å²) < 4.78 is 46.9. The predicted molar refractivity (Wildman–Crippen MR) is 116 cm³/mol. The first-order valence-corrected chi connectivity index (χ1v) is 9.88. The average molecular weight is 447 g/mol. The number of aryl methyl sites for hydroxylation is 2. The van der Waals surface area contributed by atoms with Gasteiger partial charge < -0.3 is 20.1 Å². The summed E-state index contributed by atoms with van der Waals surface area (Å²) in [6.45, 7) is 4.50. The van der Waals surface area contributed by atoms with Crippen molar-refractivity contribution in [3.63, 3.8) is 0 Å². The Morgan fingerprint density at radius 1 is 1.28 bits per heavy atom. The lowest BCUT2D eigenvalue weighted by molar-refractivity contribution is -0.274. The van der Waals surface area contributed by atoms with Gasteiger partial charge in [-0.15, -0.1) is 13.2 Å². The molecule has 0 fully saturated rings. The highest BCUT2D eigenvalue weighted by molar-refractivity contribution is 5.97. The summed E-state index contributed by atoms with van der Waals surface area (Å²) in [5.41, 5.74) is 3.52. The fraction of sp³-hybridized carbons (Fsp3) is 0.348. The lowest BCUT2D eigenvalue weighted by Crippen LogP contribution is -2.41. The minimum Gasteiger partial charge on any atom is -0.477 e. The Labute approximate surface area is 184 Å². The number of nitrogens with one attached hydrogen (secondary N) is 2. The molecule has 0 saturated heterocycles. The van der Waals surface area contributed by atoms with Crippen LogP contribution < -0.4 is 20.1 Å². The highest BCUT2D eigenvalue weighted by Gasteiger charge is 2.32. The van der Waals surface area contributed by atoms with Gasteiger partial charge in [-0.3, -0.25) is 9.69 Å². The first kappa shape index (κ1) is 23.3. The summed E-state index contributed by atoms with van der Waals surface area (Å²) in [5, 5.41) is 5.82. The van der Waals surface area contributed by atoms with Crippen LogP contribution in [0.3, 0.4) is 0 Å². The van der Waals surface area contributed by atoms with E-state index in [-0.39, 0.29) is 24.0 Å². The van der Waals surface area contributed by atoms with Crippen LogP contribution in [0.5, 0.6) is 11.5 Å². The second-order valence-corrected chi connectivity index (χ2v) is 7.73. The standard InChI is InChI=1S/C23H24F3N3O3/c1-14-10-15(2)21(16(11-14)6-5-9-29(3)4)28-22(30)20-13-27-18-12-17(32-23(24,25)26)7-8-19(18)31-20/h7-8,10-12,20,27H,9,13H2,1-4H3,(H,28,30). The van der Waals surface area contributed by atoms with E-state index in [2.05, 4.69) is 27.2 Å². The number of nitrogens with zero attached hydrogens (tertiary/aromatic N) is 1. The van der Waals surface area contributed by atoms with Gasteiger partial charge >= 0.3 is 6.36 Å². The monoisotopic (exact) mass is 447 g/mol. The van der Waals surface area contributed by atoms with Crippen molar-refractivity contribution in [1.29, 1.82) is 0 Å². The van der Waals surface area contributed by atoms with Crippen molar-refractivity contribution >= 4 is 17.3 Å². The third-order valence-corrected chi connectivity index (χ3v) is 4.57. The first-order chi connectivity index (χ1) is 15.0. The molecule has 2 aromatic rings. The van der Waals surface area contributed by atoms with Gasteiger partial charge in [0, 0.05) is 11.6 Å². The van der Waals surface area contributed by atoms with E-state index in [0.717, 1.165) is 17.2 Å². The minimum atomic E-state index is -4.79. The Kier molecular flexibility index (Phi) is 6.84. The normalized spacial score (nSPS) is 15.1. The van der Waals surface area contributed by atoms with E-state index < -0.39 is 12.5 Å². The Morgan fingerprint density at radius 2 is 2.03 bits per heavy atom. The molecule has 0 aromatic heterocycles. The Balaban J connectivity index is 1.75. The van der Waals surface area contributed by atoms with Crippen LogP contribution in [0.4, 0.5) is 24.5 Å². The zero-order valence-electron chi connectivity index (χ0n) is 18.2. The van der Waals surface area contributed by atoms with Crippen LogP contribution in [0.25, 0.3) is 0 Å². The molecule has 1 heterocycles. The maximum atomic E-state index is 12.9. The van der Waals surface area contributed by atoms with Crippen molar-refractivity contribution in [3.05, 3.63) is 47.0 Å². The van der Waals surface area contributed by atoms with Crippen molar-refractivity contribution in [3.8, 4) is 23.3 Å². The van der Waals surface area contributed by atoms with E-state index in [0.29, 0.717) is 23.5 Å². The molecule has 0 radical (unpaired) electrons. The molecule has 2 aromatic carbocycles. The molecular weight excluding hydrogens is 423 g/mol. The summed E-state index contributed by atoms with van der Waals surface area (Å²) in [7, 11) is 3.84. The summed E-state index contributed by atoms with van der Waals surface area (Å²) in [6.07, 6.45) is -5.66. The molecule has 32 heavy (non-hydrogen) atoms. The number of ether oxygens (including phenoxy) is 2. The van der Waals surface area contributed by atoms with Gasteiger partial charge in [0.2, 0.25) is 0 Å². The molecule has 0 bridgehead atoms. The molecule has 1 aliphatic heterocycles. The van der Waals surface area contributed by atoms with Crippen LogP contribution in [0.1, 0.15) is 16.7 Å². The quantitative estimate of drug-likeness (QED) is 0.696. The van der Waals surface area contributed by atoms with Gasteiger partial charge in [-0.1, -0.05) is 17.9 Å². The van der Waals surface area contributed by atoms with E-state index in [1.807, 2.05) is 45.0 Å². The third-order valence-electron chi connectivity index (χ3n) is 4.57. The SMILES string of the molecule is Cc1cc(C)c(NC(=O)C2CNc3cc(OC(F)(F)F)ccc3O2)c(C#CCN(C)C)c1. The molecule has 1 unspecified atom stereocenters. The number of fused-ring (bicyclic) bond motifs is 1. The number of rotatable bonds is 4. The smallest absolute Gasteiger partial charge is 0.477 e. The summed E-state index contributed by atoms with van der Waals surface area (Å²) >= 11 is 0. The zero-order valence-corrected chi connectivity index (χ0v) is 18.2. The highest BCUT2D eigenvalue weighted by Crippen LogP contribution is 2.35. The summed E-state index contributed by atoms with van der Waals surface area (Å²) in [4.78, 5) is 14.8. The van der Waals surface area contributed by atoms with E-state index in [1.165, 1.54) is 12.1 Å². The number of carbonyl (C=O) groups is 1. The van der Waals surface area contributed by atoms with E-state index in [4.69, 9.17) is 4.74 Å². The molecule has 170 valence electrons. The fourth-order valence-electron chi connectivity index (χ4n) is 3.22. The van der Waals surface area contributed by atoms with Crippen LogP contribution in [0.15, 0.2) is 30.3 Å². The van der Waals surface area contributed by atoms with Gasteiger partial charge in [0.05, 0.1) is 24.5 Å². The molecule has 9 heteroatoms.